The zero-order chi connectivity index (χ0) is 16.8. The Kier molecular flexibility index (Phi) is 4.19. The lowest BCUT2D eigenvalue weighted by Crippen LogP contribution is -2.42. The molecular formula is C20H23BrN2O2. The minimum atomic E-state index is 0.0456. The van der Waals surface area contributed by atoms with Gasteiger partial charge in [-0.25, -0.2) is 0 Å². The summed E-state index contributed by atoms with van der Waals surface area (Å²) in [4.78, 5) is 7.06. The normalized spacial score (nSPS) is 27.2. The summed E-state index contributed by atoms with van der Waals surface area (Å²) < 4.78 is 12.7. The zero-order valence-electron chi connectivity index (χ0n) is 14.3. The summed E-state index contributed by atoms with van der Waals surface area (Å²) in [6, 6.07) is 4.96. The van der Waals surface area contributed by atoms with E-state index >= 15 is 0 Å². The van der Waals surface area contributed by atoms with Gasteiger partial charge in [0.25, 0.3) is 0 Å². The molecule has 132 valence electrons. The highest BCUT2D eigenvalue weighted by Gasteiger charge is 2.35. The number of nitrogens with zero attached hydrogens (tertiary/aromatic N) is 2. The van der Waals surface area contributed by atoms with Crippen molar-refractivity contribution < 1.29 is 9.47 Å². The second kappa shape index (κ2) is 6.53. The fourth-order valence-corrected chi connectivity index (χ4v) is 5.38. The summed E-state index contributed by atoms with van der Waals surface area (Å²) >= 11 is 3.82. The smallest absolute Gasteiger partial charge is 0.160 e. The number of halogens is 1. The highest BCUT2D eigenvalue weighted by Crippen LogP contribution is 2.43. The van der Waals surface area contributed by atoms with E-state index in [0.717, 1.165) is 26.2 Å². The molecule has 5 rings (SSSR count). The van der Waals surface area contributed by atoms with Crippen LogP contribution in [0.5, 0.6) is 0 Å². The van der Waals surface area contributed by atoms with E-state index in [1.807, 2.05) is 12.4 Å². The lowest BCUT2D eigenvalue weighted by atomic mass is 9.83. The molecule has 1 aromatic carbocycles. The summed E-state index contributed by atoms with van der Waals surface area (Å²) in [6.07, 6.45) is 10.00. The molecule has 1 saturated carbocycles. The molecule has 1 saturated heterocycles. The first-order valence-corrected chi connectivity index (χ1v) is 10.2. The van der Waals surface area contributed by atoms with E-state index < -0.39 is 0 Å². The summed E-state index contributed by atoms with van der Waals surface area (Å²) in [7, 11) is 0. The van der Waals surface area contributed by atoms with Gasteiger partial charge in [-0.15, -0.1) is 0 Å². The van der Waals surface area contributed by atoms with Gasteiger partial charge in [0.05, 0.1) is 18.9 Å². The molecule has 2 aliphatic heterocycles. The van der Waals surface area contributed by atoms with Gasteiger partial charge in [0.1, 0.15) is 0 Å². The van der Waals surface area contributed by atoms with Crippen LogP contribution in [-0.4, -0.2) is 37.1 Å². The number of anilines is 1. The molecule has 1 aromatic heterocycles. The minimum Gasteiger partial charge on any atom is -0.367 e. The molecule has 3 aliphatic rings. The Morgan fingerprint density at radius 2 is 1.84 bits per heavy atom. The predicted octanol–water partition coefficient (Wildman–Crippen LogP) is 4.29. The first-order valence-electron chi connectivity index (χ1n) is 9.36. The Morgan fingerprint density at radius 1 is 1.04 bits per heavy atom. The second-order valence-electron chi connectivity index (χ2n) is 7.41. The number of hydrogen-bond acceptors (Lipinski definition) is 4. The van der Waals surface area contributed by atoms with E-state index in [2.05, 4.69) is 37.9 Å². The molecule has 2 aromatic rings. The first-order chi connectivity index (χ1) is 12.3. The third-order valence-electron chi connectivity index (χ3n) is 6.05. The van der Waals surface area contributed by atoms with Crippen molar-refractivity contribution in [1.82, 2.24) is 4.98 Å². The third-order valence-corrected chi connectivity index (χ3v) is 6.69. The molecular weight excluding hydrogens is 380 g/mol. The van der Waals surface area contributed by atoms with Gasteiger partial charge >= 0.3 is 0 Å². The molecule has 25 heavy (non-hydrogen) atoms. The molecule has 4 nitrogen and oxygen atoms in total. The van der Waals surface area contributed by atoms with Crippen LogP contribution < -0.4 is 4.90 Å². The number of aromatic nitrogens is 1. The van der Waals surface area contributed by atoms with Crippen LogP contribution in [0.4, 0.5) is 5.69 Å². The predicted molar refractivity (Wildman–Crippen MR) is 102 cm³/mol. The van der Waals surface area contributed by atoms with Crippen LogP contribution in [0.1, 0.15) is 31.2 Å². The number of pyridine rings is 1. The molecule has 0 spiro atoms. The summed E-state index contributed by atoms with van der Waals surface area (Å²) in [6.45, 7) is 2.61. The van der Waals surface area contributed by atoms with E-state index in [1.165, 1.54) is 52.2 Å². The van der Waals surface area contributed by atoms with Crippen molar-refractivity contribution in [2.24, 2.45) is 5.92 Å². The highest BCUT2D eigenvalue weighted by atomic mass is 79.9. The fraction of sp³-hybridized carbons (Fsp3) is 0.550. The molecule has 0 unspecified atom stereocenters. The number of rotatable bonds is 2. The third kappa shape index (κ3) is 2.77. The first kappa shape index (κ1) is 16.0. The van der Waals surface area contributed by atoms with Crippen LogP contribution >= 0.6 is 15.9 Å². The Bertz CT molecular complexity index is 783. The lowest BCUT2D eigenvalue weighted by Gasteiger charge is -2.42. The van der Waals surface area contributed by atoms with E-state index in [-0.39, 0.29) is 6.29 Å². The van der Waals surface area contributed by atoms with Crippen LogP contribution in [-0.2, 0) is 15.9 Å². The van der Waals surface area contributed by atoms with Crippen molar-refractivity contribution in [1.29, 1.82) is 0 Å². The number of hydrogen-bond donors (Lipinski definition) is 0. The maximum Gasteiger partial charge on any atom is 0.160 e. The van der Waals surface area contributed by atoms with E-state index in [1.54, 1.807) is 0 Å². The molecule has 3 heterocycles. The SMILES string of the molecule is Brc1ccc2cncc3c2c1N(C1CCC(C2OCCO2)CC1)CC3. The number of ether oxygens (including phenoxy) is 2. The Labute approximate surface area is 156 Å². The van der Waals surface area contributed by atoms with E-state index in [4.69, 9.17) is 9.47 Å². The van der Waals surface area contributed by atoms with Gasteiger partial charge in [-0.2, -0.15) is 0 Å². The van der Waals surface area contributed by atoms with Crippen LogP contribution in [0.15, 0.2) is 29.0 Å². The van der Waals surface area contributed by atoms with E-state index in [0.29, 0.717) is 12.0 Å². The molecule has 0 N–H and O–H groups in total. The maximum absolute atomic E-state index is 5.74. The molecule has 5 heteroatoms. The van der Waals surface area contributed by atoms with Gasteiger partial charge in [-0.1, -0.05) is 6.07 Å². The Balaban J connectivity index is 1.42. The van der Waals surface area contributed by atoms with Gasteiger partial charge in [0.15, 0.2) is 6.29 Å². The zero-order valence-corrected chi connectivity index (χ0v) is 15.9. The second-order valence-corrected chi connectivity index (χ2v) is 8.27. The fourth-order valence-electron chi connectivity index (χ4n) is 4.82. The summed E-state index contributed by atoms with van der Waals surface area (Å²) in [5.74, 6) is 0.569. The Morgan fingerprint density at radius 3 is 2.64 bits per heavy atom. The molecule has 1 aliphatic carbocycles. The number of benzene rings is 1. The average Bonchev–Trinajstić information content (AvgIpc) is 3.19. The Hall–Kier alpha value is -1.17. The van der Waals surface area contributed by atoms with Gasteiger partial charge in [-0.3, -0.25) is 4.98 Å². The van der Waals surface area contributed by atoms with Crippen LogP contribution in [0.3, 0.4) is 0 Å². The summed E-state index contributed by atoms with van der Waals surface area (Å²) in [5.41, 5.74) is 2.75. The monoisotopic (exact) mass is 402 g/mol. The maximum atomic E-state index is 5.74. The molecule has 0 amide bonds. The molecule has 0 atom stereocenters. The van der Waals surface area contributed by atoms with E-state index in [9.17, 15) is 0 Å². The largest absolute Gasteiger partial charge is 0.367 e. The van der Waals surface area contributed by atoms with Crippen molar-refractivity contribution in [2.45, 2.75) is 44.4 Å². The van der Waals surface area contributed by atoms with Crippen LogP contribution in [0.2, 0.25) is 0 Å². The topological polar surface area (TPSA) is 34.6 Å². The van der Waals surface area contributed by atoms with Crippen LogP contribution in [0.25, 0.3) is 10.8 Å². The minimum absolute atomic E-state index is 0.0456. The van der Waals surface area contributed by atoms with Gasteiger partial charge in [-0.05, 0) is 59.7 Å². The van der Waals surface area contributed by atoms with Gasteiger partial charge in [0, 0.05) is 46.1 Å². The lowest BCUT2D eigenvalue weighted by molar-refractivity contribution is -0.0930. The van der Waals surface area contributed by atoms with Crippen molar-refractivity contribution in [2.75, 3.05) is 24.7 Å². The highest BCUT2D eigenvalue weighted by molar-refractivity contribution is 9.10. The van der Waals surface area contributed by atoms with Gasteiger partial charge in [0.2, 0.25) is 0 Å². The molecule has 0 radical (unpaired) electrons. The van der Waals surface area contributed by atoms with Crippen molar-refractivity contribution >= 4 is 32.4 Å². The van der Waals surface area contributed by atoms with Crippen molar-refractivity contribution in [3.63, 3.8) is 0 Å². The standard InChI is InChI=1S/C20H23BrN2O2/c21-17-6-3-14-11-22-12-15-7-8-23(19(17)18(14)15)16-4-1-13(2-5-16)20-24-9-10-25-20/h3,6,11-13,16,20H,1-2,4-5,7-10H2. The molecule has 0 bridgehead atoms. The molecule has 2 fully saturated rings. The van der Waals surface area contributed by atoms with Crippen molar-refractivity contribution in [3.8, 4) is 0 Å². The van der Waals surface area contributed by atoms with Crippen molar-refractivity contribution in [3.05, 3.63) is 34.6 Å². The summed E-state index contributed by atoms with van der Waals surface area (Å²) in [5, 5.41) is 2.64. The average molecular weight is 403 g/mol. The van der Waals surface area contributed by atoms with Gasteiger partial charge < -0.3 is 14.4 Å². The van der Waals surface area contributed by atoms with Crippen LogP contribution in [0, 0.1) is 5.92 Å². The quantitative estimate of drug-likeness (QED) is 0.749.